The van der Waals surface area contributed by atoms with Gasteiger partial charge in [0, 0.05) is 50.8 Å². The van der Waals surface area contributed by atoms with Crippen molar-refractivity contribution in [3.8, 4) is 5.75 Å². The molecule has 1 N–H and O–H groups in total. The molecule has 0 radical (unpaired) electrons. The summed E-state index contributed by atoms with van der Waals surface area (Å²) in [6.07, 6.45) is 6.28. The second kappa shape index (κ2) is 6.34. The molecular weight excluding hydrogens is 290 g/mol. The highest BCUT2D eigenvalue weighted by molar-refractivity contribution is 5.39. The van der Waals surface area contributed by atoms with Gasteiger partial charge in [0.2, 0.25) is 0 Å². The molecule has 0 amide bonds. The van der Waals surface area contributed by atoms with Crippen LogP contribution in [-0.2, 0) is 24.8 Å². The van der Waals surface area contributed by atoms with Crippen molar-refractivity contribution < 1.29 is 9.47 Å². The summed E-state index contributed by atoms with van der Waals surface area (Å²) in [7, 11) is 1.95. The van der Waals surface area contributed by atoms with E-state index in [-0.39, 0.29) is 6.10 Å². The van der Waals surface area contributed by atoms with Crippen molar-refractivity contribution in [2.45, 2.75) is 25.5 Å². The van der Waals surface area contributed by atoms with Crippen LogP contribution in [0.2, 0.25) is 0 Å². The Morgan fingerprint density at radius 3 is 3.17 bits per heavy atom. The van der Waals surface area contributed by atoms with Crippen molar-refractivity contribution in [2.75, 3.05) is 19.8 Å². The Morgan fingerprint density at radius 2 is 2.30 bits per heavy atom. The van der Waals surface area contributed by atoms with Crippen molar-refractivity contribution in [3.63, 3.8) is 0 Å². The molecule has 5 heteroatoms. The molecule has 1 saturated heterocycles. The van der Waals surface area contributed by atoms with E-state index in [9.17, 15) is 0 Å². The van der Waals surface area contributed by atoms with Crippen molar-refractivity contribution in [2.24, 2.45) is 13.0 Å². The lowest BCUT2D eigenvalue weighted by atomic mass is 9.97. The van der Waals surface area contributed by atoms with E-state index in [1.54, 1.807) is 0 Å². The van der Waals surface area contributed by atoms with Gasteiger partial charge < -0.3 is 14.8 Å². The Hall–Kier alpha value is -1.85. The van der Waals surface area contributed by atoms with Crippen molar-refractivity contribution in [1.82, 2.24) is 15.1 Å². The Bertz CT molecular complexity index is 683. The van der Waals surface area contributed by atoms with Crippen LogP contribution in [0, 0.1) is 5.92 Å². The van der Waals surface area contributed by atoms with Gasteiger partial charge in [-0.25, -0.2) is 0 Å². The number of aryl methyl sites for hydroxylation is 1. The van der Waals surface area contributed by atoms with Crippen LogP contribution in [-0.4, -0.2) is 29.5 Å². The maximum absolute atomic E-state index is 5.92. The molecule has 0 spiro atoms. The number of ether oxygens (including phenoxy) is 2. The monoisotopic (exact) mass is 313 g/mol. The van der Waals surface area contributed by atoms with Crippen LogP contribution in [0.1, 0.15) is 29.2 Å². The fraction of sp³-hybridized carbons (Fsp3) is 0.500. The van der Waals surface area contributed by atoms with Gasteiger partial charge in [-0.1, -0.05) is 12.1 Å². The molecular formula is C18H23N3O2. The molecule has 4 rings (SSSR count). The number of nitrogens with zero attached hydrogens (tertiary/aromatic N) is 2. The third-order valence-corrected chi connectivity index (χ3v) is 4.76. The first-order valence-corrected chi connectivity index (χ1v) is 8.35. The molecule has 3 heterocycles. The minimum Gasteiger partial charge on any atom is -0.493 e. The van der Waals surface area contributed by atoms with E-state index >= 15 is 0 Å². The second-order valence-electron chi connectivity index (χ2n) is 6.46. The van der Waals surface area contributed by atoms with Crippen LogP contribution < -0.4 is 10.1 Å². The SMILES string of the molecule is Cn1cc([C@@H]2OCC[C@@H]2CNCc2ccc3c(c2)CCO3)cn1. The second-order valence-corrected chi connectivity index (χ2v) is 6.46. The first-order valence-electron chi connectivity index (χ1n) is 8.35. The topological polar surface area (TPSA) is 48.3 Å². The molecule has 0 unspecified atom stereocenters. The Morgan fingerprint density at radius 1 is 1.35 bits per heavy atom. The summed E-state index contributed by atoms with van der Waals surface area (Å²) in [6, 6.07) is 6.51. The standard InChI is InChI=1S/C18H23N3O2/c1-21-12-16(11-20-21)18-15(5-7-23-18)10-19-9-13-2-3-17-14(8-13)4-6-22-17/h2-3,8,11-12,15,18-19H,4-7,9-10H2,1H3/t15-,18-/m1/s1. The molecule has 0 aliphatic carbocycles. The summed E-state index contributed by atoms with van der Waals surface area (Å²) in [5.41, 5.74) is 3.85. The van der Waals surface area contributed by atoms with Gasteiger partial charge in [-0.3, -0.25) is 4.68 Å². The molecule has 2 atom stereocenters. The zero-order valence-electron chi connectivity index (χ0n) is 13.5. The fourth-order valence-corrected chi connectivity index (χ4v) is 3.55. The van der Waals surface area contributed by atoms with E-state index < -0.39 is 0 Å². The van der Waals surface area contributed by atoms with Crippen LogP contribution >= 0.6 is 0 Å². The fourth-order valence-electron chi connectivity index (χ4n) is 3.55. The smallest absolute Gasteiger partial charge is 0.122 e. The number of benzene rings is 1. The Balaban J connectivity index is 1.33. The maximum Gasteiger partial charge on any atom is 0.122 e. The zero-order chi connectivity index (χ0) is 15.6. The first kappa shape index (κ1) is 14.7. The first-order chi connectivity index (χ1) is 11.3. The Kier molecular flexibility index (Phi) is 4.06. The van der Waals surface area contributed by atoms with Crippen LogP contribution in [0.5, 0.6) is 5.75 Å². The average molecular weight is 313 g/mol. The van der Waals surface area contributed by atoms with Gasteiger partial charge in [0.25, 0.3) is 0 Å². The molecule has 1 aromatic heterocycles. The predicted octanol–water partition coefficient (Wildman–Crippen LogP) is 2.22. The van der Waals surface area contributed by atoms with Gasteiger partial charge in [0.05, 0.1) is 18.9 Å². The number of rotatable bonds is 5. The lowest BCUT2D eigenvalue weighted by molar-refractivity contribution is 0.0904. The van der Waals surface area contributed by atoms with E-state index in [2.05, 4.69) is 34.8 Å². The van der Waals surface area contributed by atoms with Crippen molar-refractivity contribution in [1.29, 1.82) is 0 Å². The Labute approximate surface area is 136 Å². The third kappa shape index (κ3) is 3.12. The van der Waals surface area contributed by atoms with E-state index in [0.717, 1.165) is 44.9 Å². The summed E-state index contributed by atoms with van der Waals surface area (Å²) >= 11 is 0. The van der Waals surface area contributed by atoms with E-state index in [0.29, 0.717) is 5.92 Å². The van der Waals surface area contributed by atoms with Gasteiger partial charge in [-0.15, -0.1) is 0 Å². The van der Waals surface area contributed by atoms with Gasteiger partial charge in [-0.05, 0) is 23.6 Å². The molecule has 2 aliphatic rings. The zero-order valence-corrected chi connectivity index (χ0v) is 13.5. The van der Waals surface area contributed by atoms with Gasteiger partial charge >= 0.3 is 0 Å². The molecule has 2 aliphatic heterocycles. The third-order valence-electron chi connectivity index (χ3n) is 4.76. The van der Waals surface area contributed by atoms with Crippen LogP contribution in [0.3, 0.4) is 0 Å². The number of fused-ring (bicyclic) bond motifs is 1. The summed E-state index contributed by atoms with van der Waals surface area (Å²) in [5, 5.41) is 7.85. The van der Waals surface area contributed by atoms with Crippen molar-refractivity contribution >= 4 is 0 Å². The summed E-state index contributed by atoms with van der Waals surface area (Å²) in [4.78, 5) is 0. The molecule has 1 aromatic carbocycles. The number of hydrogen-bond donors (Lipinski definition) is 1. The lowest BCUT2D eigenvalue weighted by Gasteiger charge is -2.18. The van der Waals surface area contributed by atoms with Crippen LogP contribution in [0.4, 0.5) is 0 Å². The minimum absolute atomic E-state index is 0.171. The molecule has 2 aromatic rings. The van der Waals surface area contributed by atoms with E-state index in [1.807, 2.05) is 17.9 Å². The maximum atomic E-state index is 5.92. The van der Waals surface area contributed by atoms with E-state index in [4.69, 9.17) is 9.47 Å². The van der Waals surface area contributed by atoms with Gasteiger partial charge in [0.1, 0.15) is 5.75 Å². The molecule has 122 valence electrons. The highest BCUT2D eigenvalue weighted by atomic mass is 16.5. The highest BCUT2D eigenvalue weighted by Gasteiger charge is 2.30. The van der Waals surface area contributed by atoms with Crippen molar-refractivity contribution in [3.05, 3.63) is 47.3 Å². The largest absolute Gasteiger partial charge is 0.493 e. The normalized spacial score (nSPS) is 23.0. The van der Waals surface area contributed by atoms with Crippen LogP contribution in [0.15, 0.2) is 30.6 Å². The molecule has 0 bridgehead atoms. The average Bonchev–Trinajstić information content (AvgIpc) is 3.26. The quantitative estimate of drug-likeness (QED) is 0.919. The lowest BCUT2D eigenvalue weighted by Crippen LogP contribution is -2.24. The van der Waals surface area contributed by atoms with Gasteiger partial charge in [-0.2, -0.15) is 5.10 Å². The highest BCUT2D eigenvalue weighted by Crippen LogP contribution is 2.33. The number of aromatic nitrogens is 2. The number of nitrogens with one attached hydrogen (secondary N) is 1. The summed E-state index contributed by atoms with van der Waals surface area (Å²) in [6.45, 7) is 3.51. The van der Waals surface area contributed by atoms with Crippen LogP contribution in [0.25, 0.3) is 0 Å². The molecule has 0 saturated carbocycles. The van der Waals surface area contributed by atoms with Gasteiger partial charge in [0.15, 0.2) is 0 Å². The summed E-state index contributed by atoms with van der Waals surface area (Å²) < 4.78 is 13.3. The minimum atomic E-state index is 0.171. The predicted molar refractivity (Wildman–Crippen MR) is 87.4 cm³/mol. The molecule has 5 nitrogen and oxygen atoms in total. The summed E-state index contributed by atoms with van der Waals surface area (Å²) in [5.74, 6) is 1.56. The number of hydrogen-bond acceptors (Lipinski definition) is 4. The van der Waals surface area contributed by atoms with E-state index in [1.165, 1.54) is 16.7 Å². The molecule has 23 heavy (non-hydrogen) atoms. The molecule has 1 fully saturated rings.